The first-order valence-electron chi connectivity index (χ1n) is 8.93. The minimum absolute atomic E-state index is 0.00563. The van der Waals surface area contributed by atoms with Crippen LogP contribution in [-0.4, -0.2) is 25.3 Å². The lowest BCUT2D eigenvalue weighted by Gasteiger charge is -2.33. The third-order valence-electron chi connectivity index (χ3n) is 4.97. The Balaban J connectivity index is 1.53. The Kier molecular flexibility index (Phi) is 6.09. The number of rotatable bonds is 5. The van der Waals surface area contributed by atoms with Gasteiger partial charge < -0.3 is 10.2 Å². The van der Waals surface area contributed by atoms with E-state index in [0.29, 0.717) is 5.56 Å². The van der Waals surface area contributed by atoms with Crippen LogP contribution >= 0.6 is 15.9 Å². The van der Waals surface area contributed by atoms with Crippen LogP contribution in [0.3, 0.4) is 0 Å². The van der Waals surface area contributed by atoms with Crippen LogP contribution in [0.1, 0.15) is 41.7 Å². The Morgan fingerprint density at radius 2 is 1.88 bits per heavy atom. The maximum absolute atomic E-state index is 12.6. The van der Waals surface area contributed by atoms with Gasteiger partial charge in [0, 0.05) is 34.7 Å². The van der Waals surface area contributed by atoms with Crippen LogP contribution in [0.15, 0.2) is 53.0 Å². The molecule has 2 aromatic rings. The number of halogens is 1. The van der Waals surface area contributed by atoms with Crippen molar-refractivity contribution < 1.29 is 9.59 Å². The molecule has 0 unspecified atom stereocenters. The number of hydrogen-bond acceptors (Lipinski definition) is 3. The summed E-state index contributed by atoms with van der Waals surface area (Å²) in [7, 11) is 0. The van der Waals surface area contributed by atoms with Crippen molar-refractivity contribution in [1.82, 2.24) is 5.32 Å². The predicted octanol–water partition coefficient (Wildman–Crippen LogP) is 4.36. The number of nitrogens with one attached hydrogen (secondary N) is 1. The molecule has 0 spiro atoms. The molecule has 5 heteroatoms. The average Bonchev–Trinajstić information content (AvgIpc) is 2.68. The molecule has 1 aliphatic heterocycles. The van der Waals surface area contributed by atoms with Gasteiger partial charge in [0.1, 0.15) is 6.29 Å². The van der Waals surface area contributed by atoms with Crippen molar-refractivity contribution >= 4 is 33.8 Å². The van der Waals surface area contributed by atoms with Gasteiger partial charge in [0.05, 0.1) is 6.04 Å². The van der Waals surface area contributed by atoms with Crippen molar-refractivity contribution in [2.75, 3.05) is 18.0 Å². The van der Waals surface area contributed by atoms with Gasteiger partial charge >= 0.3 is 0 Å². The summed E-state index contributed by atoms with van der Waals surface area (Å²) in [6.45, 7) is 3.72. The van der Waals surface area contributed by atoms with Gasteiger partial charge in [-0.3, -0.25) is 9.59 Å². The number of piperidine rings is 1. The minimum atomic E-state index is -0.00563. The second-order valence-corrected chi connectivity index (χ2v) is 7.67. The second kappa shape index (κ2) is 8.49. The topological polar surface area (TPSA) is 49.4 Å². The molecule has 0 radical (unpaired) electrons. The summed E-state index contributed by atoms with van der Waals surface area (Å²) in [5, 5.41) is 3.15. The molecule has 0 aromatic heterocycles. The van der Waals surface area contributed by atoms with Crippen LogP contribution in [0.25, 0.3) is 0 Å². The number of carbonyl (C=O) groups excluding carboxylic acids is 2. The molecule has 1 N–H and O–H groups in total. The number of aldehydes is 1. The van der Waals surface area contributed by atoms with Crippen LogP contribution in [0.5, 0.6) is 0 Å². The maximum atomic E-state index is 12.6. The Labute approximate surface area is 162 Å². The second-order valence-electron chi connectivity index (χ2n) is 6.76. The highest BCUT2D eigenvalue weighted by molar-refractivity contribution is 9.10. The van der Waals surface area contributed by atoms with Crippen molar-refractivity contribution in [3.05, 3.63) is 64.1 Å². The van der Waals surface area contributed by atoms with E-state index in [1.54, 1.807) is 0 Å². The zero-order chi connectivity index (χ0) is 18.5. The number of carbonyl (C=O) groups is 2. The molecule has 0 aliphatic carbocycles. The lowest BCUT2D eigenvalue weighted by atomic mass is 9.94. The summed E-state index contributed by atoms with van der Waals surface area (Å²) in [5.41, 5.74) is 2.89. The first kappa shape index (κ1) is 18.6. The van der Waals surface area contributed by atoms with Crippen molar-refractivity contribution in [2.45, 2.75) is 25.8 Å². The molecule has 1 fully saturated rings. The molecule has 1 aliphatic rings. The monoisotopic (exact) mass is 414 g/mol. The van der Waals surface area contributed by atoms with E-state index >= 15 is 0 Å². The maximum Gasteiger partial charge on any atom is 0.223 e. The summed E-state index contributed by atoms with van der Waals surface area (Å²) in [6, 6.07) is 15.6. The van der Waals surface area contributed by atoms with Crippen molar-refractivity contribution in [2.24, 2.45) is 5.92 Å². The molecule has 136 valence electrons. The lowest BCUT2D eigenvalue weighted by Crippen LogP contribution is -2.41. The third-order valence-corrected chi connectivity index (χ3v) is 5.46. The number of nitrogens with zero attached hydrogens (tertiary/aromatic N) is 1. The fourth-order valence-corrected chi connectivity index (χ4v) is 3.77. The molecule has 0 saturated carbocycles. The summed E-state index contributed by atoms with van der Waals surface area (Å²) in [6.07, 6.45) is 2.53. The molecular weight excluding hydrogens is 392 g/mol. The molecule has 26 heavy (non-hydrogen) atoms. The molecule has 1 saturated heterocycles. The van der Waals surface area contributed by atoms with Gasteiger partial charge in [-0.25, -0.2) is 0 Å². The van der Waals surface area contributed by atoms with Gasteiger partial charge in [-0.2, -0.15) is 0 Å². The third kappa shape index (κ3) is 4.52. The number of anilines is 1. The molecule has 1 atom stereocenters. The van der Waals surface area contributed by atoms with E-state index in [1.807, 2.05) is 55.5 Å². The summed E-state index contributed by atoms with van der Waals surface area (Å²) < 4.78 is 1.02. The van der Waals surface area contributed by atoms with Gasteiger partial charge in [-0.1, -0.05) is 28.1 Å². The van der Waals surface area contributed by atoms with Gasteiger partial charge in [0.25, 0.3) is 0 Å². The molecule has 1 amide bonds. The molecule has 2 aromatic carbocycles. The van der Waals surface area contributed by atoms with Crippen molar-refractivity contribution in [1.29, 1.82) is 0 Å². The first-order chi connectivity index (χ1) is 12.6. The fourth-order valence-electron chi connectivity index (χ4n) is 3.35. The Hall–Kier alpha value is -2.14. The van der Waals surface area contributed by atoms with E-state index in [2.05, 4.69) is 26.1 Å². The minimum Gasteiger partial charge on any atom is -0.371 e. The number of hydrogen-bond donors (Lipinski definition) is 1. The highest BCUT2D eigenvalue weighted by Crippen LogP contribution is 2.25. The smallest absolute Gasteiger partial charge is 0.223 e. The number of amides is 1. The molecule has 1 heterocycles. The zero-order valence-electron chi connectivity index (χ0n) is 14.8. The largest absolute Gasteiger partial charge is 0.371 e. The Bertz CT molecular complexity index is 768. The van der Waals surface area contributed by atoms with Gasteiger partial charge in [0.15, 0.2) is 0 Å². The van der Waals surface area contributed by atoms with E-state index in [4.69, 9.17) is 0 Å². The summed E-state index contributed by atoms with van der Waals surface area (Å²) in [4.78, 5) is 25.6. The summed E-state index contributed by atoms with van der Waals surface area (Å²) >= 11 is 3.47. The van der Waals surface area contributed by atoms with Crippen LogP contribution in [0.4, 0.5) is 5.69 Å². The Morgan fingerprint density at radius 1 is 1.19 bits per heavy atom. The van der Waals surface area contributed by atoms with Gasteiger partial charge in [-0.15, -0.1) is 0 Å². The normalized spacial score (nSPS) is 16.2. The highest BCUT2D eigenvalue weighted by atomic mass is 79.9. The van der Waals surface area contributed by atoms with Crippen LogP contribution in [-0.2, 0) is 4.79 Å². The van der Waals surface area contributed by atoms with E-state index in [9.17, 15) is 9.59 Å². The van der Waals surface area contributed by atoms with E-state index in [-0.39, 0.29) is 17.9 Å². The Morgan fingerprint density at radius 3 is 2.50 bits per heavy atom. The van der Waals surface area contributed by atoms with Crippen molar-refractivity contribution in [3.63, 3.8) is 0 Å². The van der Waals surface area contributed by atoms with Gasteiger partial charge in [0.2, 0.25) is 5.91 Å². The summed E-state index contributed by atoms with van der Waals surface area (Å²) in [5.74, 6) is 0.184. The molecule has 4 nitrogen and oxygen atoms in total. The van der Waals surface area contributed by atoms with E-state index in [0.717, 1.165) is 47.9 Å². The zero-order valence-corrected chi connectivity index (χ0v) is 16.4. The SMILES string of the molecule is C[C@@H](NC(=O)C1CCN(c2ccc(C=O)cc2)CC1)c1cccc(Br)c1. The quantitative estimate of drug-likeness (QED) is 0.739. The first-order valence-corrected chi connectivity index (χ1v) is 9.72. The molecule has 3 rings (SSSR count). The van der Waals surface area contributed by atoms with Crippen LogP contribution < -0.4 is 10.2 Å². The van der Waals surface area contributed by atoms with Crippen LogP contribution in [0, 0.1) is 5.92 Å². The fraction of sp³-hybridized carbons (Fsp3) is 0.333. The van der Waals surface area contributed by atoms with Crippen LogP contribution in [0.2, 0.25) is 0 Å². The molecular formula is C21H23BrN2O2. The van der Waals surface area contributed by atoms with E-state index in [1.165, 1.54) is 0 Å². The van der Waals surface area contributed by atoms with Crippen molar-refractivity contribution in [3.8, 4) is 0 Å². The standard InChI is InChI=1S/C21H23BrN2O2/c1-15(18-3-2-4-19(22)13-18)23-21(26)17-9-11-24(12-10-17)20-7-5-16(14-25)6-8-20/h2-8,13-15,17H,9-12H2,1H3,(H,23,26)/t15-/m1/s1. The highest BCUT2D eigenvalue weighted by Gasteiger charge is 2.26. The predicted molar refractivity (Wildman–Crippen MR) is 107 cm³/mol. The van der Waals surface area contributed by atoms with E-state index < -0.39 is 0 Å². The molecule has 0 bridgehead atoms. The number of benzene rings is 2. The average molecular weight is 415 g/mol. The van der Waals surface area contributed by atoms with Gasteiger partial charge in [-0.05, 0) is 61.7 Å². The lowest BCUT2D eigenvalue weighted by molar-refractivity contribution is -0.126.